The molecule has 1 aromatic rings. The Hall–Kier alpha value is -1.89. The molecule has 3 rings (SSSR count). The molecule has 6 nitrogen and oxygen atoms in total. The first-order valence-corrected chi connectivity index (χ1v) is 9.26. The first-order valence-electron chi connectivity index (χ1n) is 8.38. The molecular weight excluding hydrogens is 326 g/mol. The third kappa shape index (κ3) is 3.31. The van der Waals surface area contributed by atoms with Crippen molar-refractivity contribution in [2.75, 3.05) is 32.7 Å². The fourth-order valence-electron chi connectivity index (χ4n) is 3.34. The molecule has 7 heteroatoms. The number of rotatable bonds is 3. The molecule has 2 saturated heterocycles. The summed E-state index contributed by atoms with van der Waals surface area (Å²) >= 11 is 1.44. The second-order valence-electron chi connectivity index (χ2n) is 6.64. The van der Waals surface area contributed by atoms with Crippen LogP contribution in [0.5, 0.6) is 0 Å². The number of piperazine rings is 1. The van der Waals surface area contributed by atoms with Crippen molar-refractivity contribution in [1.82, 2.24) is 14.7 Å². The van der Waals surface area contributed by atoms with Gasteiger partial charge in [0.25, 0.3) is 5.91 Å². The summed E-state index contributed by atoms with van der Waals surface area (Å²) in [5.74, 6) is -0.0804. The highest BCUT2D eigenvalue weighted by atomic mass is 32.1. The fourth-order valence-corrected chi connectivity index (χ4v) is 4.03. The van der Waals surface area contributed by atoms with E-state index in [4.69, 9.17) is 0 Å². The van der Waals surface area contributed by atoms with Gasteiger partial charge >= 0.3 is 0 Å². The molecule has 3 amide bonds. The van der Waals surface area contributed by atoms with Crippen LogP contribution in [0.25, 0.3) is 0 Å². The van der Waals surface area contributed by atoms with Crippen molar-refractivity contribution in [1.29, 1.82) is 0 Å². The van der Waals surface area contributed by atoms with Gasteiger partial charge in [-0.2, -0.15) is 0 Å². The van der Waals surface area contributed by atoms with Crippen molar-refractivity contribution < 1.29 is 14.4 Å². The first kappa shape index (κ1) is 17.0. The molecule has 0 radical (unpaired) electrons. The van der Waals surface area contributed by atoms with E-state index in [1.54, 1.807) is 14.7 Å². The summed E-state index contributed by atoms with van der Waals surface area (Å²) in [5, 5.41) is 1.89. The zero-order chi connectivity index (χ0) is 17.3. The van der Waals surface area contributed by atoms with Gasteiger partial charge < -0.3 is 14.7 Å². The summed E-state index contributed by atoms with van der Waals surface area (Å²) < 4.78 is 0. The quantitative estimate of drug-likeness (QED) is 0.826. The van der Waals surface area contributed by atoms with E-state index in [0.29, 0.717) is 39.1 Å². The molecule has 1 atom stereocenters. The number of hydrogen-bond acceptors (Lipinski definition) is 4. The standard InChI is InChI=1S/C17H23N3O3S/c1-12(2)20-11-13(10-15(20)21)16(22)18-5-7-19(8-6-18)17(23)14-4-3-9-24-14/h3-4,9,12-13H,5-8,10-11H2,1-2H3. The Bertz CT molecular complexity index is 621. The molecule has 3 heterocycles. The number of thiophene rings is 1. The van der Waals surface area contributed by atoms with Crippen LogP contribution < -0.4 is 0 Å². The van der Waals surface area contributed by atoms with E-state index in [-0.39, 0.29) is 29.7 Å². The largest absolute Gasteiger partial charge is 0.339 e. The molecule has 0 N–H and O–H groups in total. The van der Waals surface area contributed by atoms with Crippen molar-refractivity contribution >= 4 is 29.1 Å². The number of nitrogens with zero attached hydrogens (tertiary/aromatic N) is 3. The zero-order valence-corrected chi connectivity index (χ0v) is 14.9. The molecule has 1 unspecified atom stereocenters. The summed E-state index contributed by atoms with van der Waals surface area (Å²) in [5.41, 5.74) is 0. The van der Waals surface area contributed by atoms with Crippen LogP contribution in [-0.4, -0.2) is 71.2 Å². The average Bonchev–Trinajstić information content (AvgIpc) is 3.23. The lowest BCUT2D eigenvalue weighted by Crippen LogP contribution is -2.52. The normalized spacial score (nSPS) is 21.7. The van der Waals surface area contributed by atoms with E-state index in [2.05, 4.69) is 0 Å². The lowest BCUT2D eigenvalue weighted by Gasteiger charge is -2.35. The number of hydrogen-bond donors (Lipinski definition) is 0. The lowest BCUT2D eigenvalue weighted by atomic mass is 10.1. The molecule has 0 bridgehead atoms. The second kappa shape index (κ2) is 6.93. The van der Waals surface area contributed by atoms with Crippen LogP contribution >= 0.6 is 11.3 Å². The molecule has 0 aliphatic carbocycles. The van der Waals surface area contributed by atoms with Crippen molar-refractivity contribution in [2.24, 2.45) is 5.92 Å². The minimum atomic E-state index is -0.237. The van der Waals surface area contributed by atoms with Crippen LogP contribution in [0.2, 0.25) is 0 Å². The molecule has 0 spiro atoms. The number of likely N-dealkylation sites (tertiary alicyclic amines) is 1. The smallest absolute Gasteiger partial charge is 0.264 e. The summed E-state index contributed by atoms with van der Waals surface area (Å²) in [4.78, 5) is 43.1. The minimum Gasteiger partial charge on any atom is -0.339 e. The van der Waals surface area contributed by atoms with Gasteiger partial charge in [0.05, 0.1) is 10.8 Å². The predicted octanol–water partition coefficient (Wildman–Crippen LogP) is 1.29. The van der Waals surface area contributed by atoms with Crippen molar-refractivity contribution in [3.63, 3.8) is 0 Å². The second-order valence-corrected chi connectivity index (χ2v) is 7.58. The van der Waals surface area contributed by atoms with Gasteiger partial charge in [0.2, 0.25) is 11.8 Å². The first-order chi connectivity index (χ1) is 11.5. The van der Waals surface area contributed by atoms with Crippen molar-refractivity contribution in [3.8, 4) is 0 Å². The van der Waals surface area contributed by atoms with Crippen LogP contribution in [-0.2, 0) is 9.59 Å². The highest BCUT2D eigenvalue weighted by Gasteiger charge is 2.38. The van der Waals surface area contributed by atoms with Crippen LogP contribution in [0.3, 0.4) is 0 Å². The predicted molar refractivity (Wildman–Crippen MR) is 91.8 cm³/mol. The number of carbonyl (C=O) groups excluding carboxylic acids is 3. The Morgan fingerprint density at radius 2 is 1.83 bits per heavy atom. The molecule has 0 saturated carbocycles. The van der Waals surface area contributed by atoms with E-state index in [1.165, 1.54) is 11.3 Å². The third-order valence-corrected chi connectivity index (χ3v) is 5.60. The lowest BCUT2D eigenvalue weighted by molar-refractivity contribution is -0.137. The third-order valence-electron chi connectivity index (χ3n) is 4.74. The van der Waals surface area contributed by atoms with Crippen molar-refractivity contribution in [2.45, 2.75) is 26.3 Å². The molecule has 24 heavy (non-hydrogen) atoms. The van der Waals surface area contributed by atoms with Gasteiger partial charge in [-0.05, 0) is 25.3 Å². The molecule has 2 fully saturated rings. The van der Waals surface area contributed by atoms with E-state index in [0.717, 1.165) is 4.88 Å². The SMILES string of the molecule is CC(C)N1CC(C(=O)N2CCN(C(=O)c3cccs3)CC2)CC1=O. The molecule has 0 aromatic carbocycles. The summed E-state index contributed by atoms with van der Waals surface area (Å²) in [6.45, 7) is 6.65. The maximum atomic E-state index is 12.7. The highest BCUT2D eigenvalue weighted by molar-refractivity contribution is 7.12. The highest BCUT2D eigenvalue weighted by Crippen LogP contribution is 2.23. The molecule has 1 aromatic heterocycles. The van der Waals surface area contributed by atoms with Crippen LogP contribution in [0.4, 0.5) is 0 Å². The maximum absolute atomic E-state index is 12.7. The van der Waals surface area contributed by atoms with E-state index in [1.807, 2.05) is 31.4 Å². The van der Waals surface area contributed by atoms with Gasteiger partial charge in [-0.15, -0.1) is 11.3 Å². The van der Waals surface area contributed by atoms with Crippen molar-refractivity contribution in [3.05, 3.63) is 22.4 Å². The molecule has 2 aliphatic rings. The fraction of sp³-hybridized carbons (Fsp3) is 0.588. The zero-order valence-electron chi connectivity index (χ0n) is 14.1. The number of amides is 3. The van der Waals surface area contributed by atoms with Crippen LogP contribution in [0.1, 0.15) is 29.9 Å². The summed E-state index contributed by atoms with van der Waals surface area (Å²) in [6.07, 6.45) is 0.311. The van der Waals surface area contributed by atoms with Gasteiger partial charge in [0, 0.05) is 45.2 Å². The molecule has 2 aliphatic heterocycles. The van der Waals surface area contributed by atoms with Gasteiger partial charge in [-0.3, -0.25) is 14.4 Å². The van der Waals surface area contributed by atoms with Gasteiger partial charge in [0.15, 0.2) is 0 Å². The van der Waals surface area contributed by atoms with Gasteiger partial charge in [-0.1, -0.05) is 6.07 Å². The minimum absolute atomic E-state index is 0.0409. The summed E-state index contributed by atoms with van der Waals surface area (Å²) in [6, 6.07) is 3.83. The molecule has 130 valence electrons. The van der Waals surface area contributed by atoms with Crippen LogP contribution in [0.15, 0.2) is 17.5 Å². The van der Waals surface area contributed by atoms with Crippen LogP contribution in [0, 0.1) is 5.92 Å². The monoisotopic (exact) mass is 349 g/mol. The Kier molecular flexibility index (Phi) is 4.89. The summed E-state index contributed by atoms with van der Waals surface area (Å²) in [7, 11) is 0. The number of carbonyl (C=O) groups is 3. The van der Waals surface area contributed by atoms with E-state index in [9.17, 15) is 14.4 Å². The average molecular weight is 349 g/mol. The Balaban J connectivity index is 1.54. The van der Waals surface area contributed by atoms with Gasteiger partial charge in [0.1, 0.15) is 0 Å². The Morgan fingerprint density at radius 3 is 2.38 bits per heavy atom. The van der Waals surface area contributed by atoms with E-state index >= 15 is 0 Å². The topological polar surface area (TPSA) is 60.9 Å². The Labute approximate surface area is 146 Å². The van der Waals surface area contributed by atoms with E-state index < -0.39 is 0 Å². The van der Waals surface area contributed by atoms with Gasteiger partial charge in [-0.25, -0.2) is 0 Å². The molecular formula is C17H23N3O3S. The Morgan fingerprint density at radius 1 is 1.17 bits per heavy atom. The maximum Gasteiger partial charge on any atom is 0.264 e.